The largest absolute Gasteiger partial charge is 0.368 e. The lowest BCUT2D eigenvalue weighted by molar-refractivity contribution is 0.491. The molecule has 0 bridgehead atoms. The van der Waals surface area contributed by atoms with Gasteiger partial charge in [-0.1, -0.05) is 27.2 Å². The number of hydrogen-bond donors (Lipinski definition) is 1. The monoisotopic (exact) mass is 209 g/mol. The fourth-order valence-corrected chi connectivity index (χ4v) is 1.56. The molecule has 1 rings (SSSR count). The van der Waals surface area contributed by atoms with E-state index in [4.69, 9.17) is 0 Å². The highest BCUT2D eigenvalue weighted by Crippen LogP contribution is 2.15. The first-order valence-electron chi connectivity index (χ1n) is 5.87. The topological polar surface area (TPSA) is 29.9 Å². The van der Waals surface area contributed by atoms with Gasteiger partial charge in [0, 0.05) is 19.2 Å². The molecule has 1 heterocycles. The molecule has 3 nitrogen and oxygen atoms in total. The first kappa shape index (κ1) is 12.1. The van der Waals surface area contributed by atoms with Gasteiger partial charge in [-0.2, -0.15) is 5.10 Å². The number of rotatable bonds is 5. The van der Waals surface area contributed by atoms with Crippen LogP contribution in [-0.2, 0) is 13.5 Å². The Morgan fingerprint density at radius 2 is 2.07 bits per heavy atom. The maximum absolute atomic E-state index is 4.42. The lowest BCUT2D eigenvalue weighted by atomic mass is 10.0. The van der Waals surface area contributed by atoms with Gasteiger partial charge >= 0.3 is 0 Å². The summed E-state index contributed by atoms with van der Waals surface area (Å²) >= 11 is 0. The summed E-state index contributed by atoms with van der Waals surface area (Å²) in [6, 6.07) is 2.63. The Morgan fingerprint density at radius 1 is 1.40 bits per heavy atom. The number of anilines is 1. The predicted molar refractivity (Wildman–Crippen MR) is 65.1 cm³/mol. The first-order chi connectivity index (χ1) is 7.08. The molecule has 1 aromatic heterocycles. The highest BCUT2D eigenvalue weighted by molar-refractivity contribution is 5.38. The van der Waals surface area contributed by atoms with Crippen LogP contribution in [0.4, 0.5) is 5.82 Å². The molecule has 1 N–H and O–H groups in total. The Hall–Kier alpha value is -0.990. The van der Waals surface area contributed by atoms with Crippen molar-refractivity contribution in [3.05, 3.63) is 11.8 Å². The van der Waals surface area contributed by atoms with Crippen LogP contribution in [0.5, 0.6) is 0 Å². The molecule has 0 aromatic carbocycles. The molecule has 0 fully saturated rings. The molecule has 0 radical (unpaired) electrons. The van der Waals surface area contributed by atoms with E-state index in [2.05, 4.69) is 44.2 Å². The van der Waals surface area contributed by atoms with Crippen LogP contribution in [0.3, 0.4) is 0 Å². The molecule has 0 saturated heterocycles. The Bertz CT molecular complexity index is 304. The molecule has 2 atom stereocenters. The second-order valence-electron chi connectivity index (χ2n) is 4.32. The smallest absolute Gasteiger partial charge is 0.124 e. The van der Waals surface area contributed by atoms with Crippen molar-refractivity contribution in [2.45, 2.75) is 46.6 Å². The minimum atomic E-state index is 0.495. The van der Waals surface area contributed by atoms with E-state index in [1.165, 1.54) is 6.42 Å². The van der Waals surface area contributed by atoms with E-state index in [0.717, 1.165) is 17.9 Å². The zero-order valence-corrected chi connectivity index (χ0v) is 10.5. The quantitative estimate of drug-likeness (QED) is 0.808. The lowest BCUT2D eigenvalue weighted by Crippen LogP contribution is -2.24. The van der Waals surface area contributed by atoms with Crippen LogP contribution in [0.1, 0.15) is 39.8 Å². The minimum Gasteiger partial charge on any atom is -0.368 e. The van der Waals surface area contributed by atoms with Gasteiger partial charge in [0.1, 0.15) is 5.82 Å². The van der Waals surface area contributed by atoms with Gasteiger partial charge in [0.25, 0.3) is 0 Å². The number of nitrogens with zero attached hydrogens (tertiary/aromatic N) is 2. The van der Waals surface area contributed by atoms with Crippen molar-refractivity contribution in [2.75, 3.05) is 5.32 Å². The second-order valence-corrected chi connectivity index (χ2v) is 4.32. The van der Waals surface area contributed by atoms with Crippen LogP contribution in [0.25, 0.3) is 0 Å². The molecule has 0 saturated carbocycles. The summed E-state index contributed by atoms with van der Waals surface area (Å²) in [7, 11) is 1.99. The number of nitrogens with one attached hydrogen (secondary N) is 1. The molecular formula is C12H23N3. The number of aryl methyl sites for hydroxylation is 2. The van der Waals surface area contributed by atoms with Crippen LogP contribution in [0, 0.1) is 5.92 Å². The van der Waals surface area contributed by atoms with Crippen molar-refractivity contribution < 1.29 is 0 Å². The molecular weight excluding hydrogens is 186 g/mol. The highest BCUT2D eigenvalue weighted by atomic mass is 15.3. The SMILES string of the molecule is CCc1cc(NC(C)C(C)CC)n(C)n1. The van der Waals surface area contributed by atoms with Crippen LogP contribution < -0.4 is 5.32 Å². The average Bonchev–Trinajstić information content (AvgIpc) is 2.58. The standard InChI is InChI=1S/C12H23N3/c1-6-9(3)10(4)13-12-8-11(7-2)14-15(12)5/h8-10,13H,6-7H2,1-5H3. The molecule has 1 aromatic rings. The molecule has 15 heavy (non-hydrogen) atoms. The summed E-state index contributed by atoms with van der Waals surface area (Å²) in [5.74, 6) is 1.81. The average molecular weight is 209 g/mol. The molecule has 0 aliphatic carbocycles. The molecule has 2 unspecified atom stereocenters. The summed E-state index contributed by atoms with van der Waals surface area (Å²) in [6.07, 6.45) is 2.19. The van der Waals surface area contributed by atoms with Crippen molar-refractivity contribution in [2.24, 2.45) is 13.0 Å². The van der Waals surface area contributed by atoms with Crippen molar-refractivity contribution >= 4 is 5.82 Å². The Kier molecular flexibility index (Phi) is 4.18. The van der Waals surface area contributed by atoms with E-state index < -0.39 is 0 Å². The molecule has 3 heteroatoms. The maximum atomic E-state index is 4.42. The lowest BCUT2D eigenvalue weighted by Gasteiger charge is -2.20. The zero-order chi connectivity index (χ0) is 11.4. The van der Waals surface area contributed by atoms with E-state index in [1.54, 1.807) is 0 Å². The van der Waals surface area contributed by atoms with Gasteiger partial charge in [0.2, 0.25) is 0 Å². The summed E-state index contributed by atoms with van der Waals surface area (Å²) in [4.78, 5) is 0. The van der Waals surface area contributed by atoms with E-state index in [-0.39, 0.29) is 0 Å². The molecule has 86 valence electrons. The number of aromatic nitrogens is 2. The van der Waals surface area contributed by atoms with Crippen LogP contribution >= 0.6 is 0 Å². The summed E-state index contributed by atoms with van der Waals surface area (Å²) in [5.41, 5.74) is 1.15. The summed E-state index contributed by atoms with van der Waals surface area (Å²) in [6.45, 7) is 8.86. The summed E-state index contributed by atoms with van der Waals surface area (Å²) in [5, 5.41) is 7.94. The van der Waals surface area contributed by atoms with E-state index in [9.17, 15) is 0 Å². The van der Waals surface area contributed by atoms with Crippen molar-refractivity contribution in [3.63, 3.8) is 0 Å². The third kappa shape index (κ3) is 2.98. The molecule has 0 aliphatic rings. The number of hydrogen-bond acceptors (Lipinski definition) is 2. The van der Waals surface area contributed by atoms with E-state index >= 15 is 0 Å². The summed E-state index contributed by atoms with van der Waals surface area (Å²) < 4.78 is 1.93. The van der Waals surface area contributed by atoms with Gasteiger partial charge in [0.15, 0.2) is 0 Å². The first-order valence-corrected chi connectivity index (χ1v) is 5.87. The van der Waals surface area contributed by atoms with Crippen LogP contribution in [0.2, 0.25) is 0 Å². The minimum absolute atomic E-state index is 0.495. The van der Waals surface area contributed by atoms with Crippen LogP contribution in [-0.4, -0.2) is 15.8 Å². The van der Waals surface area contributed by atoms with Crippen molar-refractivity contribution in [3.8, 4) is 0 Å². The van der Waals surface area contributed by atoms with Gasteiger partial charge in [-0.15, -0.1) is 0 Å². The normalized spacial score (nSPS) is 15.0. The van der Waals surface area contributed by atoms with Gasteiger partial charge in [-0.25, -0.2) is 0 Å². The molecule has 0 aliphatic heterocycles. The Balaban J connectivity index is 2.67. The third-order valence-corrected chi connectivity index (χ3v) is 3.17. The Morgan fingerprint density at radius 3 is 2.53 bits per heavy atom. The van der Waals surface area contributed by atoms with Crippen molar-refractivity contribution in [1.82, 2.24) is 9.78 Å². The maximum Gasteiger partial charge on any atom is 0.124 e. The fraction of sp³-hybridized carbons (Fsp3) is 0.750. The van der Waals surface area contributed by atoms with Gasteiger partial charge in [0.05, 0.1) is 5.69 Å². The van der Waals surface area contributed by atoms with E-state index in [0.29, 0.717) is 12.0 Å². The molecule has 0 amide bonds. The zero-order valence-electron chi connectivity index (χ0n) is 10.5. The van der Waals surface area contributed by atoms with Crippen LogP contribution in [0.15, 0.2) is 6.07 Å². The fourth-order valence-electron chi connectivity index (χ4n) is 1.56. The van der Waals surface area contributed by atoms with Gasteiger partial charge in [-0.3, -0.25) is 4.68 Å². The molecule has 0 spiro atoms. The predicted octanol–water partition coefficient (Wildman–Crippen LogP) is 2.83. The van der Waals surface area contributed by atoms with Gasteiger partial charge in [-0.05, 0) is 19.3 Å². The Labute approximate surface area is 92.9 Å². The van der Waals surface area contributed by atoms with Gasteiger partial charge < -0.3 is 5.32 Å². The highest BCUT2D eigenvalue weighted by Gasteiger charge is 2.12. The van der Waals surface area contributed by atoms with Crippen molar-refractivity contribution in [1.29, 1.82) is 0 Å². The second kappa shape index (κ2) is 5.19. The van der Waals surface area contributed by atoms with E-state index in [1.807, 2.05) is 11.7 Å². The third-order valence-electron chi connectivity index (χ3n) is 3.17.